The van der Waals surface area contributed by atoms with Crippen molar-refractivity contribution in [2.24, 2.45) is 0 Å². The van der Waals surface area contributed by atoms with E-state index in [2.05, 4.69) is 18.2 Å². The molecule has 1 aliphatic heterocycles. The zero-order chi connectivity index (χ0) is 12.1. The summed E-state index contributed by atoms with van der Waals surface area (Å²) in [6.45, 7) is 0. The highest BCUT2D eigenvalue weighted by molar-refractivity contribution is 7.99. The predicted molar refractivity (Wildman–Crippen MR) is 71.6 cm³/mol. The molecule has 1 aromatic rings. The van der Waals surface area contributed by atoms with Gasteiger partial charge in [-0.25, -0.2) is 0 Å². The maximum atomic E-state index is 8.83. The van der Waals surface area contributed by atoms with E-state index in [1.807, 2.05) is 17.8 Å². The molecule has 0 radical (unpaired) electrons. The molecule has 17 heavy (non-hydrogen) atoms. The lowest BCUT2D eigenvalue weighted by atomic mass is 9.91. The fourth-order valence-corrected chi connectivity index (χ4v) is 3.41. The zero-order valence-corrected chi connectivity index (χ0v) is 10.9. The van der Waals surface area contributed by atoms with Crippen molar-refractivity contribution in [2.45, 2.75) is 25.2 Å². The van der Waals surface area contributed by atoms with Crippen LogP contribution in [0.25, 0.3) is 0 Å². The van der Waals surface area contributed by atoms with E-state index in [1.54, 1.807) is 7.11 Å². The second kappa shape index (κ2) is 5.97. The summed E-state index contributed by atoms with van der Waals surface area (Å²) >= 11 is 2.04. The molecule has 0 unspecified atom stereocenters. The SMILES string of the molecule is COc1ccc(C2CCSCC2)cc1CC#N. The highest BCUT2D eigenvalue weighted by Gasteiger charge is 2.17. The second-order valence-corrected chi connectivity index (χ2v) is 5.52. The van der Waals surface area contributed by atoms with Crippen LogP contribution in [0, 0.1) is 11.3 Å². The average Bonchev–Trinajstić information content (AvgIpc) is 2.40. The topological polar surface area (TPSA) is 33.0 Å². The lowest BCUT2D eigenvalue weighted by Gasteiger charge is -2.22. The quantitative estimate of drug-likeness (QED) is 0.821. The third kappa shape index (κ3) is 2.95. The largest absolute Gasteiger partial charge is 0.496 e. The van der Waals surface area contributed by atoms with E-state index >= 15 is 0 Å². The summed E-state index contributed by atoms with van der Waals surface area (Å²) in [6, 6.07) is 8.52. The minimum absolute atomic E-state index is 0.429. The number of rotatable bonds is 3. The van der Waals surface area contributed by atoms with Crippen LogP contribution in [-0.4, -0.2) is 18.6 Å². The molecule has 1 aliphatic rings. The summed E-state index contributed by atoms with van der Waals surface area (Å²) in [5.74, 6) is 4.01. The van der Waals surface area contributed by atoms with E-state index in [4.69, 9.17) is 10.00 Å². The van der Waals surface area contributed by atoms with E-state index in [-0.39, 0.29) is 0 Å². The molecule has 0 aromatic heterocycles. The van der Waals surface area contributed by atoms with Crippen LogP contribution < -0.4 is 4.74 Å². The molecule has 1 heterocycles. The Morgan fingerprint density at radius 3 is 2.82 bits per heavy atom. The lowest BCUT2D eigenvalue weighted by Crippen LogP contribution is -2.08. The van der Waals surface area contributed by atoms with Crippen LogP contribution in [0.5, 0.6) is 5.75 Å². The maximum Gasteiger partial charge on any atom is 0.123 e. The van der Waals surface area contributed by atoms with Crippen molar-refractivity contribution in [3.8, 4) is 11.8 Å². The Hall–Kier alpha value is -1.14. The first-order valence-corrected chi connectivity index (χ1v) is 7.12. The van der Waals surface area contributed by atoms with Gasteiger partial charge in [0.15, 0.2) is 0 Å². The minimum Gasteiger partial charge on any atom is -0.496 e. The van der Waals surface area contributed by atoms with Crippen LogP contribution in [0.1, 0.15) is 29.9 Å². The number of hydrogen-bond donors (Lipinski definition) is 0. The number of thioether (sulfide) groups is 1. The Morgan fingerprint density at radius 2 is 2.18 bits per heavy atom. The fourth-order valence-electron chi connectivity index (χ4n) is 2.31. The third-order valence-corrected chi connectivity index (χ3v) is 4.32. The van der Waals surface area contributed by atoms with Gasteiger partial charge in [-0.15, -0.1) is 0 Å². The molecule has 1 saturated heterocycles. The van der Waals surface area contributed by atoms with Crippen LogP contribution >= 0.6 is 11.8 Å². The van der Waals surface area contributed by atoms with Crippen LogP contribution in [0.4, 0.5) is 0 Å². The smallest absolute Gasteiger partial charge is 0.123 e. The van der Waals surface area contributed by atoms with Gasteiger partial charge in [0, 0.05) is 5.56 Å². The van der Waals surface area contributed by atoms with Crippen molar-refractivity contribution >= 4 is 11.8 Å². The third-order valence-electron chi connectivity index (χ3n) is 3.27. The van der Waals surface area contributed by atoms with Gasteiger partial charge < -0.3 is 4.74 Å². The summed E-state index contributed by atoms with van der Waals surface area (Å²) < 4.78 is 5.28. The van der Waals surface area contributed by atoms with E-state index < -0.39 is 0 Å². The molecule has 0 aliphatic carbocycles. The van der Waals surface area contributed by atoms with Crippen molar-refractivity contribution in [1.82, 2.24) is 0 Å². The Kier molecular flexibility index (Phi) is 4.33. The summed E-state index contributed by atoms with van der Waals surface area (Å²) in [6.07, 6.45) is 2.93. The monoisotopic (exact) mass is 247 g/mol. The Morgan fingerprint density at radius 1 is 1.41 bits per heavy atom. The summed E-state index contributed by atoms with van der Waals surface area (Å²) in [4.78, 5) is 0. The molecule has 2 rings (SSSR count). The molecule has 0 N–H and O–H groups in total. The number of nitriles is 1. The summed E-state index contributed by atoms with van der Waals surface area (Å²) in [7, 11) is 1.66. The van der Waals surface area contributed by atoms with Gasteiger partial charge in [-0.1, -0.05) is 12.1 Å². The van der Waals surface area contributed by atoms with Gasteiger partial charge in [-0.3, -0.25) is 0 Å². The number of hydrogen-bond acceptors (Lipinski definition) is 3. The summed E-state index contributed by atoms with van der Waals surface area (Å²) in [5.41, 5.74) is 2.39. The van der Waals surface area contributed by atoms with Crippen molar-refractivity contribution in [1.29, 1.82) is 5.26 Å². The van der Waals surface area contributed by atoms with Crippen LogP contribution in [0.3, 0.4) is 0 Å². The highest BCUT2D eigenvalue weighted by atomic mass is 32.2. The van der Waals surface area contributed by atoms with E-state index in [1.165, 1.54) is 29.9 Å². The Balaban J connectivity index is 2.23. The van der Waals surface area contributed by atoms with Crippen molar-refractivity contribution in [3.05, 3.63) is 29.3 Å². The van der Waals surface area contributed by atoms with Gasteiger partial charge in [-0.05, 0) is 41.9 Å². The minimum atomic E-state index is 0.429. The molecular weight excluding hydrogens is 230 g/mol. The van der Waals surface area contributed by atoms with Gasteiger partial charge in [0.25, 0.3) is 0 Å². The fraction of sp³-hybridized carbons (Fsp3) is 0.500. The number of ether oxygens (including phenoxy) is 1. The van der Waals surface area contributed by atoms with Crippen molar-refractivity contribution < 1.29 is 4.74 Å². The molecule has 90 valence electrons. The molecule has 0 spiro atoms. The first-order chi connectivity index (χ1) is 8.35. The lowest BCUT2D eigenvalue weighted by molar-refractivity contribution is 0.410. The maximum absolute atomic E-state index is 8.83. The molecule has 1 aromatic carbocycles. The predicted octanol–water partition coefficient (Wildman–Crippen LogP) is 3.37. The standard InChI is InChI=1S/C14H17NOS/c1-16-14-3-2-12(10-13(14)4-7-15)11-5-8-17-9-6-11/h2-3,10-11H,4-6,8-9H2,1H3. The first-order valence-electron chi connectivity index (χ1n) is 5.96. The number of nitrogens with zero attached hydrogens (tertiary/aromatic N) is 1. The van der Waals surface area contributed by atoms with Gasteiger partial charge in [-0.2, -0.15) is 17.0 Å². The number of benzene rings is 1. The molecule has 3 heteroatoms. The van der Waals surface area contributed by atoms with Crippen LogP contribution in [-0.2, 0) is 6.42 Å². The zero-order valence-electron chi connectivity index (χ0n) is 10.1. The van der Waals surface area contributed by atoms with Gasteiger partial charge in [0.05, 0.1) is 19.6 Å². The van der Waals surface area contributed by atoms with Crippen LogP contribution in [0.2, 0.25) is 0 Å². The van der Waals surface area contributed by atoms with Crippen molar-refractivity contribution in [2.75, 3.05) is 18.6 Å². The second-order valence-electron chi connectivity index (χ2n) is 4.29. The van der Waals surface area contributed by atoms with E-state index in [9.17, 15) is 0 Å². The van der Waals surface area contributed by atoms with Gasteiger partial charge in [0.2, 0.25) is 0 Å². The van der Waals surface area contributed by atoms with E-state index in [0.717, 1.165) is 11.3 Å². The Labute approximate surface area is 107 Å². The average molecular weight is 247 g/mol. The normalized spacial score (nSPS) is 16.5. The molecule has 0 atom stereocenters. The van der Waals surface area contributed by atoms with Crippen molar-refractivity contribution in [3.63, 3.8) is 0 Å². The molecule has 0 amide bonds. The first kappa shape index (κ1) is 12.3. The highest BCUT2D eigenvalue weighted by Crippen LogP contribution is 2.33. The molecule has 1 fully saturated rings. The summed E-state index contributed by atoms with van der Waals surface area (Å²) in [5, 5.41) is 8.83. The van der Waals surface area contributed by atoms with Crippen LogP contribution in [0.15, 0.2) is 18.2 Å². The molecule has 2 nitrogen and oxygen atoms in total. The van der Waals surface area contributed by atoms with Gasteiger partial charge in [0.1, 0.15) is 5.75 Å². The molecule has 0 bridgehead atoms. The number of methoxy groups -OCH3 is 1. The molecular formula is C14H17NOS. The Bertz CT molecular complexity index is 419. The van der Waals surface area contributed by atoms with E-state index in [0.29, 0.717) is 12.3 Å². The van der Waals surface area contributed by atoms with Gasteiger partial charge >= 0.3 is 0 Å². The molecule has 0 saturated carbocycles.